The van der Waals surface area contributed by atoms with Crippen LogP contribution in [-0.4, -0.2) is 10.2 Å². The van der Waals surface area contributed by atoms with Crippen molar-refractivity contribution in [3.8, 4) is 0 Å². The topological polar surface area (TPSA) is 43.1 Å². The second kappa shape index (κ2) is 3.08. The zero-order chi connectivity index (χ0) is 7.49. The summed E-state index contributed by atoms with van der Waals surface area (Å²) in [6, 6.07) is 0. The zero-order valence-corrected chi connectivity index (χ0v) is 6.41. The first-order chi connectivity index (χ1) is 4.00. The molecule has 0 aliphatic carbocycles. The van der Waals surface area contributed by atoms with Gasteiger partial charge in [0.2, 0.25) is 4.33 Å². The highest BCUT2D eigenvalue weighted by atomic mass is 35.5. The lowest BCUT2D eigenvalue weighted by molar-refractivity contribution is -0.117. The van der Waals surface area contributed by atoms with Crippen LogP contribution < -0.4 is 5.73 Å². The van der Waals surface area contributed by atoms with E-state index in [0.717, 1.165) is 0 Å². The predicted molar refractivity (Wildman–Crippen MR) is 38.4 cm³/mol. The van der Waals surface area contributed by atoms with Gasteiger partial charge < -0.3 is 5.73 Å². The van der Waals surface area contributed by atoms with E-state index in [4.69, 9.17) is 28.9 Å². The molecule has 0 aliphatic heterocycles. The Morgan fingerprint density at radius 3 is 2.22 bits per heavy atom. The smallest absolute Gasteiger partial charge is 0.257 e. The summed E-state index contributed by atoms with van der Waals surface area (Å²) in [5.41, 5.74) is 4.80. The van der Waals surface area contributed by atoms with Crippen LogP contribution in [0.15, 0.2) is 12.2 Å². The van der Waals surface area contributed by atoms with Crippen molar-refractivity contribution in [2.75, 3.05) is 0 Å². The van der Waals surface area contributed by atoms with E-state index in [0.29, 0.717) is 0 Å². The second-order valence-electron chi connectivity index (χ2n) is 1.49. The van der Waals surface area contributed by atoms with E-state index in [2.05, 4.69) is 0 Å². The van der Waals surface area contributed by atoms with Gasteiger partial charge in [0.15, 0.2) is 0 Å². The van der Waals surface area contributed by atoms with E-state index in [1.54, 1.807) is 13.0 Å². The molecule has 0 bridgehead atoms. The Labute approximate surface area is 63.6 Å². The van der Waals surface area contributed by atoms with Crippen molar-refractivity contribution in [2.45, 2.75) is 11.3 Å². The van der Waals surface area contributed by atoms with Gasteiger partial charge >= 0.3 is 0 Å². The quantitative estimate of drug-likeness (QED) is 0.488. The van der Waals surface area contributed by atoms with Crippen molar-refractivity contribution < 1.29 is 4.79 Å². The molecule has 52 valence electrons. The van der Waals surface area contributed by atoms with Crippen molar-refractivity contribution in [3.63, 3.8) is 0 Å². The fourth-order valence-corrected chi connectivity index (χ4v) is 0.543. The van der Waals surface area contributed by atoms with Crippen LogP contribution in [0.2, 0.25) is 0 Å². The van der Waals surface area contributed by atoms with Gasteiger partial charge in [0.05, 0.1) is 0 Å². The van der Waals surface area contributed by atoms with E-state index in [-0.39, 0.29) is 0 Å². The Morgan fingerprint density at radius 1 is 1.67 bits per heavy atom. The van der Waals surface area contributed by atoms with Gasteiger partial charge in [-0.25, -0.2) is 0 Å². The van der Waals surface area contributed by atoms with E-state index in [1.165, 1.54) is 6.08 Å². The number of alkyl halides is 2. The molecule has 0 aromatic carbocycles. The number of primary amides is 1. The number of allylic oxidation sites excluding steroid dienone is 1. The average Bonchev–Trinajstić information content (AvgIpc) is 1.65. The van der Waals surface area contributed by atoms with E-state index >= 15 is 0 Å². The van der Waals surface area contributed by atoms with Crippen LogP contribution in [0.4, 0.5) is 0 Å². The monoisotopic (exact) mass is 167 g/mol. The Balaban J connectivity index is 4.19. The highest BCUT2D eigenvalue weighted by molar-refractivity contribution is 6.59. The van der Waals surface area contributed by atoms with Crippen LogP contribution in [0.1, 0.15) is 6.92 Å². The molecule has 0 spiro atoms. The second-order valence-corrected chi connectivity index (χ2v) is 2.87. The molecule has 0 saturated heterocycles. The maximum absolute atomic E-state index is 10.3. The minimum Gasteiger partial charge on any atom is -0.367 e. The molecule has 0 unspecified atom stereocenters. The maximum Gasteiger partial charge on any atom is 0.257 e. The predicted octanol–water partition coefficient (Wildman–Crippen LogP) is 1.22. The Kier molecular flexibility index (Phi) is 3.01. The molecule has 0 aromatic heterocycles. The Morgan fingerprint density at radius 2 is 2.11 bits per heavy atom. The summed E-state index contributed by atoms with van der Waals surface area (Å²) in [5, 5.41) is 0. The summed E-state index contributed by atoms with van der Waals surface area (Å²) in [4.78, 5) is 10.3. The third-order valence-corrected chi connectivity index (χ3v) is 1.33. The highest BCUT2D eigenvalue weighted by Crippen LogP contribution is 2.21. The molecule has 4 heteroatoms. The number of rotatable bonds is 2. The molecule has 0 aromatic rings. The lowest BCUT2D eigenvalue weighted by atomic mass is 10.3. The third-order valence-electron chi connectivity index (χ3n) is 0.705. The molecule has 0 saturated carbocycles. The van der Waals surface area contributed by atoms with E-state index in [9.17, 15) is 4.79 Å². The molecule has 2 nitrogen and oxygen atoms in total. The number of hydrogen-bond acceptors (Lipinski definition) is 1. The van der Waals surface area contributed by atoms with Crippen molar-refractivity contribution in [1.82, 2.24) is 0 Å². The summed E-state index contributed by atoms with van der Waals surface area (Å²) in [7, 11) is 0. The van der Waals surface area contributed by atoms with Gasteiger partial charge in [-0.05, 0) is 13.0 Å². The first-order valence-corrected chi connectivity index (χ1v) is 3.08. The largest absolute Gasteiger partial charge is 0.367 e. The van der Waals surface area contributed by atoms with Crippen LogP contribution in [0, 0.1) is 0 Å². The van der Waals surface area contributed by atoms with Gasteiger partial charge in [0.1, 0.15) is 0 Å². The van der Waals surface area contributed by atoms with Gasteiger partial charge in [0.25, 0.3) is 5.91 Å². The normalized spacial score (nSPS) is 12.3. The third kappa shape index (κ3) is 2.72. The van der Waals surface area contributed by atoms with Crippen molar-refractivity contribution in [2.24, 2.45) is 5.73 Å². The standard InChI is InChI=1S/C5H7Cl2NO/c1-2-3-5(6,7)4(8)9/h2-3H,1H3,(H2,8,9). The van der Waals surface area contributed by atoms with Gasteiger partial charge in [-0.1, -0.05) is 29.3 Å². The number of carbonyl (C=O) groups excluding carboxylic acids is 1. The van der Waals surface area contributed by atoms with Gasteiger partial charge in [-0.15, -0.1) is 0 Å². The molecular weight excluding hydrogens is 161 g/mol. The van der Waals surface area contributed by atoms with Crippen LogP contribution >= 0.6 is 23.2 Å². The molecule has 0 fully saturated rings. The van der Waals surface area contributed by atoms with E-state index < -0.39 is 10.2 Å². The van der Waals surface area contributed by atoms with E-state index in [1.807, 2.05) is 0 Å². The maximum atomic E-state index is 10.3. The summed E-state index contributed by atoms with van der Waals surface area (Å²) in [5.74, 6) is -0.760. The molecule has 0 atom stereocenters. The van der Waals surface area contributed by atoms with Crippen LogP contribution in [0.5, 0.6) is 0 Å². The van der Waals surface area contributed by atoms with Crippen LogP contribution in [0.3, 0.4) is 0 Å². The molecule has 0 radical (unpaired) electrons. The Hall–Kier alpha value is -0.210. The van der Waals surface area contributed by atoms with Gasteiger partial charge in [0, 0.05) is 0 Å². The molecule has 0 rings (SSSR count). The fraction of sp³-hybridized carbons (Fsp3) is 0.400. The SMILES string of the molecule is CC=CC(Cl)(Cl)C(N)=O. The Bertz CT molecular complexity index is 142. The molecule has 2 N–H and O–H groups in total. The zero-order valence-electron chi connectivity index (χ0n) is 4.90. The van der Waals surface area contributed by atoms with Crippen molar-refractivity contribution >= 4 is 29.1 Å². The van der Waals surface area contributed by atoms with Gasteiger partial charge in [-0.3, -0.25) is 4.79 Å². The molecular formula is C5H7Cl2NO. The van der Waals surface area contributed by atoms with Crippen molar-refractivity contribution in [1.29, 1.82) is 0 Å². The number of nitrogens with two attached hydrogens (primary N) is 1. The highest BCUT2D eigenvalue weighted by Gasteiger charge is 2.26. The first-order valence-electron chi connectivity index (χ1n) is 2.32. The van der Waals surface area contributed by atoms with Crippen molar-refractivity contribution in [3.05, 3.63) is 12.2 Å². The minimum absolute atomic E-state index is 0.760. The number of hydrogen-bond donors (Lipinski definition) is 1. The summed E-state index contributed by atoms with van der Waals surface area (Å²) < 4.78 is -1.55. The number of carbonyl (C=O) groups is 1. The lowest BCUT2D eigenvalue weighted by Gasteiger charge is -2.07. The van der Waals surface area contributed by atoms with Crippen LogP contribution in [-0.2, 0) is 4.79 Å². The lowest BCUT2D eigenvalue weighted by Crippen LogP contribution is -2.30. The molecule has 9 heavy (non-hydrogen) atoms. The molecule has 0 aliphatic rings. The minimum atomic E-state index is -1.55. The number of halogens is 2. The number of amides is 1. The van der Waals surface area contributed by atoms with Crippen LogP contribution in [0.25, 0.3) is 0 Å². The summed E-state index contributed by atoms with van der Waals surface area (Å²) in [6.45, 7) is 1.70. The van der Waals surface area contributed by atoms with Gasteiger partial charge in [-0.2, -0.15) is 0 Å². The average molecular weight is 168 g/mol. The summed E-state index contributed by atoms with van der Waals surface area (Å²) in [6.07, 6.45) is 2.88. The summed E-state index contributed by atoms with van der Waals surface area (Å²) >= 11 is 10.8. The first kappa shape index (κ1) is 8.79. The molecule has 0 heterocycles. The molecule has 1 amide bonds. The fourth-order valence-electron chi connectivity index (χ4n) is 0.291.